The van der Waals surface area contributed by atoms with Gasteiger partial charge < -0.3 is 18.9 Å². The number of unbranched alkanes of at least 4 members (excludes halogenated alkanes) is 3. The first-order valence-electron chi connectivity index (χ1n) is 28.6. The zero-order valence-corrected chi connectivity index (χ0v) is 47.4. The van der Waals surface area contributed by atoms with Crippen molar-refractivity contribution in [3.8, 4) is 42.0 Å². The molecule has 0 unspecified atom stereocenters. The molecule has 0 saturated heterocycles. The molecule has 0 bridgehead atoms. The minimum absolute atomic E-state index is 0.916. The molecule has 5 heterocycles. The van der Waals surface area contributed by atoms with Crippen LogP contribution in [0.5, 0.6) is 0 Å². The number of thiophene rings is 2. The lowest BCUT2D eigenvalue weighted by atomic mass is 10.1. The number of nitrogens with zero attached hydrogens (tertiary/aromatic N) is 6. The van der Waals surface area contributed by atoms with Crippen molar-refractivity contribution in [1.29, 1.82) is 0 Å². The normalized spacial score (nSPS) is 11.6. The number of para-hydroxylation sites is 4. The number of fused-ring (bicyclic) bond motifs is 6. The van der Waals surface area contributed by atoms with Gasteiger partial charge in [-0.3, -0.25) is 4.98 Å². The summed E-state index contributed by atoms with van der Waals surface area (Å²) in [5.74, 6) is 0. The highest BCUT2D eigenvalue weighted by Gasteiger charge is 2.25. The third-order valence-corrected chi connectivity index (χ3v) is 18.1. The molecule has 0 spiro atoms. The van der Waals surface area contributed by atoms with E-state index in [1.165, 1.54) is 74.2 Å². The Morgan fingerprint density at radius 1 is 0.362 bits per heavy atom. The molecule has 13 aromatic rings. The Morgan fingerprint density at radius 2 is 0.713 bits per heavy atom. The van der Waals surface area contributed by atoms with Gasteiger partial charge in [-0.25, -0.2) is 0 Å². The van der Waals surface area contributed by atoms with Gasteiger partial charge in [-0.2, -0.15) is 4.57 Å². The van der Waals surface area contributed by atoms with Gasteiger partial charge >= 0.3 is 0 Å². The SMILES string of the molecule is CCCCn1c2cc(-c3ccc(-c4cncc(-c5ccc(-c6ccc7c8ccc(N(c9ccccc9)c9ccccc9)cc8n(CCCC)c7c6)s5)[n+]4CCCC)s3)ccc2c2ccc(N(c3ccccc3)c3ccccc3)cc21. The molecule has 0 N–H and O–H groups in total. The summed E-state index contributed by atoms with van der Waals surface area (Å²) in [5.41, 5.74) is 16.8. The molecular formula is C72H65N6S2+. The lowest BCUT2D eigenvalue weighted by Crippen LogP contribution is -2.38. The van der Waals surface area contributed by atoms with Crippen LogP contribution in [0, 0.1) is 0 Å². The van der Waals surface area contributed by atoms with Gasteiger partial charge in [0.2, 0.25) is 11.4 Å². The molecule has 0 fully saturated rings. The van der Waals surface area contributed by atoms with E-state index in [1.54, 1.807) is 0 Å². The highest BCUT2D eigenvalue weighted by atomic mass is 32.1. The van der Waals surface area contributed by atoms with Crippen LogP contribution in [-0.2, 0) is 19.6 Å². The maximum atomic E-state index is 4.98. The summed E-state index contributed by atoms with van der Waals surface area (Å²) in [4.78, 5) is 14.7. The van der Waals surface area contributed by atoms with E-state index < -0.39 is 0 Å². The Kier molecular flexibility index (Phi) is 14.4. The standard InChI is InChI=1S/C72H65N6S2/c1-4-7-42-74-63-45-51(30-34-59(63)61-36-32-57(47-65(61)74)77(53-22-14-10-15-23-53)54-24-16-11-17-25-54)69-38-40-71(79-69)67-49-73-50-68(76(67)44-9-6-3)72-41-39-70(80-72)52-31-35-60-62-37-33-58(48-66(62)75(43-8-5-2)64(60)46-52)78(55-26-18-12-19-27-55)56-28-20-13-21-29-56/h10-41,45-50H,4-9,42-44H2,1-3H3/q+1. The van der Waals surface area contributed by atoms with Crippen LogP contribution in [0.1, 0.15) is 59.3 Å². The molecule has 8 heteroatoms. The van der Waals surface area contributed by atoms with E-state index in [0.29, 0.717) is 0 Å². The van der Waals surface area contributed by atoms with Crippen molar-refractivity contribution in [1.82, 2.24) is 14.1 Å². The molecular weight excluding hydrogens is 1010 g/mol. The van der Waals surface area contributed by atoms with Crippen molar-refractivity contribution in [2.75, 3.05) is 9.80 Å². The molecule has 394 valence electrons. The van der Waals surface area contributed by atoms with E-state index in [1.807, 2.05) is 22.7 Å². The first kappa shape index (κ1) is 50.9. The molecule has 13 rings (SSSR count). The molecule has 0 aliphatic carbocycles. The molecule has 8 aromatic carbocycles. The fourth-order valence-electron chi connectivity index (χ4n) is 11.7. The second-order valence-corrected chi connectivity index (χ2v) is 23.1. The van der Waals surface area contributed by atoms with Crippen molar-refractivity contribution in [2.45, 2.75) is 78.9 Å². The predicted octanol–water partition coefficient (Wildman–Crippen LogP) is 20.7. The fraction of sp³-hybridized carbons (Fsp3) is 0.167. The summed E-state index contributed by atoms with van der Waals surface area (Å²) in [6.07, 6.45) is 10.8. The third-order valence-electron chi connectivity index (χ3n) is 15.7. The summed E-state index contributed by atoms with van der Waals surface area (Å²) in [6.45, 7) is 9.69. The number of aromatic nitrogens is 4. The quantitative estimate of drug-likeness (QED) is 0.0757. The first-order chi connectivity index (χ1) is 39.6. The van der Waals surface area contributed by atoms with Crippen molar-refractivity contribution in [3.63, 3.8) is 0 Å². The molecule has 0 atom stereocenters. The van der Waals surface area contributed by atoms with Crippen LogP contribution in [0.25, 0.3) is 85.6 Å². The predicted molar refractivity (Wildman–Crippen MR) is 342 cm³/mol. The zero-order valence-electron chi connectivity index (χ0n) is 45.8. The van der Waals surface area contributed by atoms with Crippen LogP contribution >= 0.6 is 22.7 Å². The van der Waals surface area contributed by atoms with Gasteiger partial charge in [-0.1, -0.05) is 149 Å². The average molecular weight is 1080 g/mol. The lowest BCUT2D eigenvalue weighted by molar-refractivity contribution is -0.676. The van der Waals surface area contributed by atoms with Gasteiger partial charge in [-0.15, -0.1) is 22.7 Å². The van der Waals surface area contributed by atoms with Crippen LogP contribution in [0.2, 0.25) is 0 Å². The summed E-state index contributed by atoms with van der Waals surface area (Å²) in [6, 6.07) is 80.3. The number of aryl methyl sites for hydroxylation is 2. The number of benzene rings is 8. The van der Waals surface area contributed by atoms with Gasteiger partial charge in [0.15, 0.2) is 0 Å². The zero-order chi connectivity index (χ0) is 53.9. The van der Waals surface area contributed by atoms with Gasteiger partial charge in [0.05, 0.1) is 11.0 Å². The lowest BCUT2D eigenvalue weighted by Gasteiger charge is -2.25. The van der Waals surface area contributed by atoms with Crippen molar-refractivity contribution in [3.05, 3.63) is 231 Å². The third kappa shape index (κ3) is 9.67. The van der Waals surface area contributed by atoms with E-state index in [0.717, 1.165) is 104 Å². The van der Waals surface area contributed by atoms with Crippen molar-refractivity contribution < 1.29 is 4.57 Å². The Labute approximate surface area is 477 Å². The Hall–Kier alpha value is -8.56. The van der Waals surface area contributed by atoms with Crippen molar-refractivity contribution >= 4 is 100 Å². The monoisotopic (exact) mass is 1080 g/mol. The maximum absolute atomic E-state index is 4.98. The Morgan fingerprint density at radius 3 is 1.09 bits per heavy atom. The topological polar surface area (TPSA) is 33.1 Å². The molecule has 0 amide bonds. The van der Waals surface area contributed by atoms with Crippen LogP contribution in [-0.4, -0.2) is 14.1 Å². The molecule has 0 aliphatic rings. The second-order valence-electron chi connectivity index (χ2n) is 20.9. The largest absolute Gasteiger partial charge is 0.340 e. The molecule has 0 saturated carbocycles. The molecule has 6 nitrogen and oxygen atoms in total. The van der Waals surface area contributed by atoms with Crippen LogP contribution < -0.4 is 14.4 Å². The Balaban J connectivity index is 0.837. The first-order valence-corrected chi connectivity index (χ1v) is 30.2. The van der Waals surface area contributed by atoms with Crippen LogP contribution in [0.3, 0.4) is 0 Å². The van der Waals surface area contributed by atoms with Gasteiger partial charge in [0.1, 0.15) is 28.7 Å². The van der Waals surface area contributed by atoms with Gasteiger partial charge in [0.25, 0.3) is 0 Å². The van der Waals surface area contributed by atoms with Gasteiger partial charge in [-0.05, 0) is 133 Å². The summed E-state index contributed by atoms with van der Waals surface area (Å²) >= 11 is 3.73. The van der Waals surface area contributed by atoms with E-state index in [9.17, 15) is 0 Å². The number of rotatable bonds is 19. The molecule has 80 heavy (non-hydrogen) atoms. The number of anilines is 6. The van der Waals surface area contributed by atoms with E-state index in [-0.39, 0.29) is 0 Å². The van der Waals surface area contributed by atoms with Crippen molar-refractivity contribution in [2.24, 2.45) is 0 Å². The number of hydrogen-bond acceptors (Lipinski definition) is 5. The summed E-state index contributed by atoms with van der Waals surface area (Å²) in [5, 5.41) is 5.16. The van der Waals surface area contributed by atoms with E-state index in [2.05, 4.69) is 275 Å². The molecule has 0 radical (unpaired) electrons. The summed E-state index contributed by atoms with van der Waals surface area (Å²) in [7, 11) is 0. The van der Waals surface area contributed by atoms with E-state index in [4.69, 9.17) is 4.98 Å². The fourth-order valence-corrected chi connectivity index (χ4v) is 13.8. The minimum atomic E-state index is 0.916. The number of hydrogen-bond donors (Lipinski definition) is 0. The van der Waals surface area contributed by atoms with E-state index >= 15 is 0 Å². The van der Waals surface area contributed by atoms with Gasteiger partial charge in [0, 0.05) is 96.0 Å². The molecule has 5 aromatic heterocycles. The average Bonchev–Trinajstić information content (AvgIpc) is 4.45. The highest BCUT2D eigenvalue weighted by Crippen LogP contribution is 2.44. The minimum Gasteiger partial charge on any atom is -0.340 e. The second kappa shape index (κ2) is 22.7. The Bertz CT molecular complexity index is 3920. The smallest absolute Gasteiger partial charge is 0.241 e. The maximum Gasteiger partial charge on any atom is 0.241 e. The molecule has 0 aliphatic heterocycles. The van der Waals surface area contributed by atoms with Crippen LogP contribution in [0.15, 0.2) is 231 Å². The highest BCUT2D eigenvalue weighted by molar-refractivity contribution is 7.19. The van der Waals surface area contributed by atoms with Crippen LogP contribution in [0.4, 0.5) is 34.1 Å². The summed E-state index contributed by atoms with van der Waals surface area (Å²) < 4.78 is 7.66.